The molecule has 0 bridgehead atoms. The Balaban J connectivity index is 1.47. The van der Waals surface area contributed by atoms with E-state index in [9.17, 15) is 17.6 Å². The normalized spacial score (nSPS) is 15.7. The van der Waals surface area contributed by atoms with E-state index in [0.29, 0.717) is 17.5 Å². The number of nitrogens with one attached hydrogen (secondary N) is 1. The molecule has 1 N–H and O–H groups in total. The second-order valence-corrected chi connectivity index (χ2v) is 7.72. The number of fused-ring (bicyclic) bond motifs is 1. The highest BCUT2D eigenvalue weighted by atomic mass is 32.2. The molecule has 0 fully saturated rings. The molecule has 148 valence electrons. The molecule has 1 aliphatic heterocycles. The van der Waals surface area contributed by atoms with Gasteiger partial charge in [-0.1, -0.05) is 18.2 Å². The summed E-state index contributed by atoms with van der Waals surface area (Å²) >= 11 is 0. The number of aliphatic imine (C=N–C) groups is 1. The van der Waals surface area contributed by atoms with Crippen LogP contribution in [0.2, 0.25) is 0 Å². The van der Waals surface area contributed by atoms with Crippen LogP contribution in [0.3, 0.4) is 0 Å². The molecular weight excluding hydrogens is 387 g/mol. The predicted molar refractivity (Wildman–Crippen MR) is 100 cm³/mol. The van der Waals surface area contributed by atoms with Crippen LogP contribution in [0.5, 0.6) is 5.75 Å². The molecule has 0 unspecified atom stereocenters. The van der Waals surface area contributed by atoms with Crippen molar-refractivity contribution < 1.29 is 27.1 Å². The van der Waals surface area contributed by atoms with Gasteiger partial charge in [-0.25, -0.2) is 12.8 Å². The van der Waals surface area contributed by atoms with Crippen LogP contribution in [0, 0.1) is 5.82 Å². The zero-order valence-electron chi connectivity index (χ0n) is 15.1. The van der Waals surface area contributed by atoms with Gasteiger partial charge >= 0.3 is 5.97 Å². The number of carbonyl (C=O) groups is 1. The number of amidine groups is 1. The van der Waals surface area contributed by atoms with E-state index in [2.05, 4.69) is 9.71 Å². The first-order valence-corrected chi connectivity index (χ1v) is 10.0. The van der Waals surface area contributed by atoms with E-state index >= 15 is 0 Å². The Kier molecular flexibility index (Phi) is 5.93. The van der Waals surface area contributed by atoms with E-state index in [-0.39, 0.29) is 36.1 Å². The fourth-order valence-electron chi connectivity index (χ4n) is 2.70. The van der Waals surface area contributed by atoms with E-state index < -0.39 is 21.8 Å². The van der Waals surface area contributed by atoms with Crippen LogP contribution in [-0.2, 0) is 26.2 Å². The van der Waals surface area contributed by atoms with E-state index in [1.165, 1.54) is 25.3 Å². The number of ether oxygens (including phenoxy) is 2. The lowest BCUT2D eigenvalue weighted by Crippen LogP contribution is -2.22. The van der Waals surface area contributed by atoms with E-state index in [1.807, 2.05) is 0 Å². The Morgan fingerprint density at radius 1 is 1.21 bits per heavy atom. The van der Waals surface area contributed by atoms with Crippen LogP contribution in [0.4, 0.5) is 4.39 Å². The van der Waals surface area contributed by atoms with Crippen molar-refractivity contribution in [2.45, 2.75) is 24.3 Å². The first-order chi connectivity index (χ1) is 13.4. The Labute approximate surface area is 162 Å². The minimum Gasteiger partial charge on any atom is -0.494 e. The number of esters is 1. The van der Waals surface area contributed by atoms with Gasteiger partial charge in [0, 0.05) is 18.5 Å². The van der Waals surface area contributed by atoms with Crippen LogP contribution >= 0.6 is 0 Å². The summed E-state index contributed by atoms with van der Waals surface area (Å²) in [5, 5.41) is 0. The molecule has 0 radical (unpaired) electrons. The Morgan fingerprint density at radius 3 is 2.75 bits per heavy atom. The van der Waals surface area contributed by atoms with Gasteiger partial charge in [0.05, 0.1) is 12.0 Å². The highest BCUT2D eigenvalue weighted by Gasteiger charge is 2.29. The van der Waals surface area contributed by atoms with Crippen LogP contribution in [0.25, 0.3) is 0 Å². The minimum absolute atomic E-state index is 0.0402. The number of methoxy groups -OCH3 is 1. The number of rotatable bonds is 7. The van der Waals surface area contributed by atoms with Crippen molar-refractivity contribution in [1.82, 2.24) is 4.72 Å². The largest absolute Gasteiger partial charge is 0.494 e. The summed E-state index contributed by atoms with van der Waals surface area (Å²) in [6.07, 6.45) is 0.507. The van der Waals surface area contributed by atoms with E-state index in [0.717, 1.165) is 0 Å². The molecule has 7 nitrogen and oxygen atoms in total. The maximum absolute atomic E-state index is 13.6. The van der Waals surface area contributed by atoms with Gasteiger partial charge < -0.3 is 9.47 Å². The third kappa shape index (κ3) is 4.48. The van der Waals surface area contributed by atoms with Gasteiger partial charge in [0.2, 0.25) is 0 Å². The van der Waals surface area contributed by atoms with Crippen LogP contribution < -0.4 is 9.46 Å². The molecule has 3 rings (SSSR count). The molecule has 0 atom stereocenters. The second-order valence-electron chi connectivity index (χ2n) is 6.07. The summed E-state index contributed by atoms with van der Waals surface area (Å²) in [6.45, 7) is 0.222. The van der Waals surface area contributed by atoms with E-state index in [1.54, 1.807) is 24.3 Å². The lowest BCUT2D eigenvalue weighted by atomic mass is 10.2. The van der Waals surface area contributed by atoms with E-state index in [4.69, 9.17) is 9.47 Å². The average molecular weight is 406 g/mol. The fraction of sp³-hybridized carbons (Fsp3) is 0.263. The molecule has 9 heteroatoms. The molecular formula is C19H19FN2O5S. The molecule has 0 spiro atoms. The quantitative estimate of drug-likeness (QED) is 0.563. The highest BCUT2D eigenvalue weighted by Crippen LogP contribution is 2.22. The Bertz CT molecular complexity index is 1020. The number of benzene rings is 2. The molecule has 1 aliphatic rings. The van der Waals surface area contributed by atoms with Crippen LogP contribution in [-0.4, -0.2) is 33.9 Å². The molecule has 1 heterocycles. The van der Waals surface area contributed by atoms with Gasteiger partial charge in [-0.05, 0) is 36.2 Å². The van der Waals surface area contributed by atoms with Gasteiger partial charge in [-0.3, -0.25) is 14.5 Å². The summed E-state index contributed by atoms with van der Waals surface area (Å²) in [5.74, 6) is -0.564. The molecule has 28 heavy (non-hydrogen) atoms. The topological polar surface area (TPSA) is 94.1 Å². The summed E-state index contributed by atoms with van der Waals surface area (Å²) in [4.78, 5) is 16.3. The highest BCUT2D eigenvalue weighted by molar-refractivity contribution is 7.90. The lowest BCUT2D eigenvalue weighted by molar-refractivity contribution is -0.145. The lowest BCUT2D eigenvalue weighted by Gasteiger charge is -2.07. The van der Waals surface area contributed by atoms with Crippen molar-refractivity contribution in [2.24, 2.45) is 4.99 Å². The van der Waals surface area contributed by atoms with Crippen molar-refractivity contribution >= 4 is 21.8 Å². The number of hydrogen-bond donors (Lipinski definition) is 1. The minimum atomic E-state index is -3.57. The van der Waals surface area contributed by atoms with Gasteiger partial charge in [0.1, 0.15) is 12.4 Å². The van der Waals surface area contributed by atoms with Crippen molar-refractivity contribution in [3.63, 3.8) is 0 Å². The monoisotopic (exact) mass is 406 g/mol. The van der Waals surface area contributed by atoms with Crippen LogP contribution in [0.1, 0.15) is 24.0 Å². The summed E-state index contributed by atoms with van der Waals surface area (Å²) in [7, 11) is -2.20. The molecule has 0 saturated heterocycles. The summed E-state index contributed by atoms with van der Waals surface area (Å²) in [5.41, 5.74) is 1.04. The van der Waals surface area contributed by atoms with Gasteiger partial charge in [-0.2, -0.15) is 0 Å². The molecule has 2 aromatic rings. The fourth-order valence-corrected chi connectivity index (χ4v) is 3.95. The number of nitrogens with zero attached hydrogens (tertiary/aromatic N) is 1. The number of hydrogen-bond acceptors (Lipinski definition) is 6. The third-order valence-corrected chi connectivity index (χ3v) is 5.48. The molecule has 0 aromatic heterocycles. The van der Waals surface area contributed by atoms with Gasteiger partial charge in [-0.15, -0.1) is 0 Å². The number of carbonyl (C=O) groups excluding carboxylic acids is 1. The zero-order valence-corrected chi connectivity index (χ0v) is 16.0. The summed E-state index contributed by atoms with van der Waals surface area (Å²) < 4.78 is 49.9. The van der Waals surface area contributed by atoms with Crippen LogP contribution in [0.15, 0.2) is 52.4 Å². The number of halogens is 1. The molecule has 2 aromatic carbocycles. The van der Waals surface area contributed by atoms with Crippen molar-refractivity contribution in [1.29, 1.82) is 0 Å². The SMILES string of the molecule is COc1ccc(COC(=O)CCCN=C2NS(=O)(=O)c3ccccc32)cc1F. The Hall–Kier alpha value is -2.94. The zero-order chi connectivity index (χ0) is 20.1. The standard InChI is InChI=1S/C19H19FN2O5S/c1-26-16-9-8-13(11-15(16)20)12-27-18(23)7-4-10-21-19-14-5-2-3-6-17(14)28(24,25)22-19/h2-3,5-6,8-9,11H,4,7,10,12H2,1H3,(H,21,22). The maximum Gasteiger partial charge on any atom is 0.306 e. The van der Waals surface area contributed by atoms with Crippen molar-refractivity contribution in [3.8, 4) is 5.75 Å². The first kappa shape index (κ1) is 19.8. The average Bonchev–Trinajstić information content (AvgIpc) is 2.94. The van der Waals surface area contributed by atoms with Crippen molar-refractivity contribution in [2.75, 3.05) is 13.7 Å². The third-order valence-electron chi connectivity index (χ3n) is 4.09. The first-order valence-electron chi connectivity index (χ1n) is 8.55. The van der Waals surface area contributed by atoms with Gasteiger partial charge in [0.15, 0.2) is 11.6 Å². The second kappa shape index (κ2) is 8.39. The van der Waals surface area contributed by atoms with Crippen molar-refractivity contribution in [3.05, 3.63) is 59.4 Å². The molecule has 0 aliphatic carbocycles. The number of sulfonamides is 1. The van der Waals surface area contributed by atoms with Gasteiger partial charge in [0.25, 0.3) is 10.0 Å². The smallest absolute Gasteiger partial charge is 0.306 e. The predicted octanol–water partition coefficient (Wildman–Crippen LogP) is 2.40. The molecule has 0 saturated carbocycles. The maximum atomic E-state index is 13.6. The molecule has 0 amide bonds. The summed E-state index contributed by atoms with van der Waals surface area (Å²) in [6, 6.07) is 10.9. The Morgan fingerprint density at radius 2 is 2.00 bits per heavy atom.